The zero-order valence-corrected chi connectivity index (χ0v) is 16.5. The van der Waals surface area contributed by atoms with Crippen LogP contribution in [0.2, 0.25) is 0 Å². The van der Waals surface area contributed by atoms with Crippen molar-refractivity contribution in [1.82, 2.24) is 25.0 Å². The third kappa shape index (κ3) is 3.93. The van der Waals surface area contributed by atoms with Crippen molar-refractivity contribution < 1.29 is 5.11 Å². The predicted molar refractivity (Wildman–Crippen MR) is 111 cm³/mol. The van der Waals surface area contributed by atoms with E-state index in [0.717, 1.165) is 44.0 Å². The fourth-order valence-corrected chi connectivity index (χ4v) is 3.62. The molecule has 1 aliphatic heterocycles. The number of nitrogens with one attached hydrogen (secondary N) is 1. The molecule has 4 rings (SSSR count). The molecule has 1 aromatic heterocycles. The molecule has 2 N–H and O–H groups in total. The molecule has 1 aliphatic rings. The Hall–Kier alpha value is -2.70. The number of rotatable bonds is 5. The standard InChI is InChI=1S/C22H27N5O/c1-16(2)18-4-3-5-19(14-18)21-24-25-22(28)27(21)20-8-6-17(7-9-20)15-26-12-10-23-11-13-26/h3-9,14,16,23H,10-13,15H2,1-2H3,(H,25,28). The first-order valence-electron chi connectivity index (χ1n) is 9.89. The van der Waals surface area contributed by atoms with Gasteiger partial charge in [0.25, 0.3) is 0 Å². The Morgan fingerprint density at radius 1 is 1.04 bits per heavy atom. The van der Waals surface area contributed by atoms with Crippen molar-refractivity contribution in [2.24, 2.45) is 0 Å². The van der Waals surface area contributed by atoms with Crippen LogP contribution in [0.1, 0.15) is 30.9 Å². The number of aromatic nitrogens is 3. The first-order chi connectivity index (χ1) is 13.6. The van der Waals surface area contributed by atoms with Gasteiger partial charge in [-0.3, -0.25) is 4.90 Å². The summed E-state index contributed by atoms with van der Waals surface area (Å²) >= 11 is 0. The summed E-state index contributed by atoms with van der Waals surface area (Å²) in [6, 6.07) is 16.4. The quantitative estimate of drug-likeness (QED) is 0.715. The van der Waals surface area contributed by atoms with Crippen molar-refractivity contribution in [2.45, 2.75) is 26.3 Å². The number of nitrogens with zero attached hydrogens (tertiary/aromatic N) is 4. The zero-order valence-electron chi connectivity index (χ0n) is 16.5. The summed E-state index contributed by atoms with van der Waals surface area (Å²) in [5, 5.41) is 21.8. The Kier molecular flexibility index (Phi) is 5.41. The zero-order chi connectivity index (χ0) is 19.5. The average Bonchev–Trinajstić information content (AvgIpc) is 3.11. The van der Waals surface area contributed by atoms with Crippen LogP contribution in [0, 0.1) is 0 Å². The molecule has 6 nitrogen and oxygen atoms in total. The van der Waals surface area contributed by atoms with Gasteiger partial charge in [-0.2, -0.15) is 0 Å². The molecular formula is C22H27N5O. The van der Waals surface area contributed by atoms with Gasteiger partial charge in [-0.15, -0.1) is 5.10 Å². The van der Waals surface area contributed by atoms with Crippen LogP contribution < -0.4 is 5.32 Å². The maximum atomic E-state index is 10.3. The highest BCUT2D eigenvalue weighted by Crippen LogP contribution is 2.28. The van der Waals surface area contributed by atoms with Gasteiger partial charge in [0.15, 0.2) is 5.82 Å². The molecule has 6 heteroatoms. The summed E-state index contributed by atoms with van der Waals surface area (Å²) in [6.45, 7) is 9.52. The lowest BCUT2D eigenvalue weighted by Gasteiger charge is -2.27. The van der Waals surface area contributed by atoms with Crippen LogP contribution in [0.25, 0.3) is 17.1 Å². The van der Waals surface area contributed by atoms with Crippen molar-refractivity contribution in [3.63, 3.8) is 0 Å². The molecule has 2 heterocycles. The highest BCUT2D eigenvalue weighted by atomic mass is 16.3. The van der Waals surface area contributed by atoms with Gasteiger partial charge in [-0.25, -0.2) is 4.57 Å². The Bertz CT molecular complexity index is 926. The van der Waals surface area contributed by atoms with Gasteiger partial charge in [-0.05, 0) is 35.2 Å². The molecule has 28 heavy (non-hydrogen) atoms. The summed E-state index contributed by atoms with van der Waals surface area (Å²) in [5.41, 5.74) is 4.31. The van der Waals surface area contributed by atoms with Gasteiger partial charge >= 0.3 is 6.01 Å². The number of aromatic hydroxyl groups is 1. The van der Waals surface area contributed by atoms with Gasteiger partial charge < -0.3 is 10.4 Å². The Labute approximate surface area is 165 Å². The number of hydrogen-bond acceptors (Lipinski definition) is 5. The molecule has 0 bridgehead atoms. The smallest absolute Gasteiger partial charge is 0.319 e. The van der Waals surface area contributed by atoms with Crippen molar-refractivity contribution in [1.29, 1.82) is 0 Å². The van der Waals surface area contributed by atoms with Crippen molar-refractivity contribution in [3.05, 3.63) is 59.7 Å². The van der Waals surface area contributed by atoms with Crippen LogP contribution >= 0.6 is 0 Å². The topological polar surface area (TPSA) is 66.2 Å². The van der Waals surface area contributed by atoms with E-state index in [1.807, 2.05) is 24.3 Å². The lowest BCUT2D eigenvalue weighted by Crippen LogP contribution is -2.42. The number of hydrogen-bond donors (Lipinski definition) is 2. The van der Waals surface area contributed by atoms with Gasteiger partial charge in [0.05, 0.1) is 5.69 Å². The molecule has 2 aromatic carbocycles. The summed E-state index contributed by atoms with van der Waals surface area (Å²) < 4.78 is 1.70. The van der Waals surface area contributed by atoms with Crippen molar-refractivity contribution in [2.75, 3.05) is 26.2 Å². The Balaban J connectivity index is 1.61. The van der Waals surface area contributed by atoms with Gasteiger partial charge in [0.1, 0.15) is 0 Å². The van der Waals surface area contributed by atoms with Crippen LogP contribution in [0.5, 0.6) is 6.01 Å². The number of piperazine rings is 1. The van der Waals surface area contributed by atoms with Gasteiger partial charge in [0, 0.05) is 38.3 Å². The largest absolute Gasteiger partial charge is 0.479 e. The van der Waals surface area contributed by atoms with E-state index >= 15 is 0 Å². The molecule has 1 saturated heterocycles. The van der Waals surface area contributed by atoms with E-state index in [2.05, 4.69) is 58.5 Å². The summed E-state index contributed by atoms with van der Waals surface area (Å²) in [7, 11) is 0. The third-order valence-electron chi connectivity index (χ3n) is 5.27. The fourth-order valence-electron chi connectivity index (χ4n) is 3.62. The first-order valence-corrected chi connectivity index (χ1v) is 9.89. The molecule has 0 aliphatic carbocycles. The fraction of sp³-hybridized carbons (Fsp3) is 0.364. The Morgan fingerprint density at radius 2 is 1.79 bits per heavy atom. The molecule has 0 spiro atoms. The van der Waals surface area contributed by atoms with E-state index in [-0.39, 0.29) is 6.01 Å². The number of benzene rings is 2. The molecular weight excluding hydrogens is 350 g/mol. The molecule has 0 atom stereocenters. The molecule has 0 radical (unpaired) electrons. The Morgan fingerprint density at radius 3 is 2.50 bits per heavy atom. The van der Waals surface area contributed by atoms with E-state index in [1.165, 1.54) is 11.1 Å². The summed E-state index contributed by atoms with van der Waals surface area (Å²) in [4.78, 5) is 2.45. The molecule has 0 unspecified atom stereocenters. The van der Waals surface area contributed by atoms with Crippen LogP contribution in [0.4, 0.5) is 0 Å². The van der Waals surface area contributed by atoms with E-state index in [0.29, 0.717) is 11.7 Å². The maximum absolute atomic E-state index is 10.3. The van der Waals surface area contributed by atoms with Gasteiger partial charge in [0.2, 0.25) is 0 Å². The summed E-state index contributed by atoms with van der Waals surface area (Å²) in [6.07, 6.45) is 0. The van der Waals surface area contributed by atoms with Crippen LogP contribution in [0.15, 0.2) is 48.5 Å². The molecule has 0 amide bonds. The normalized spacial score (nSPS) is 15.2. The van der Waals surface area contributed by atoms with E-state index in [4.69, 9.17) is 0 Å². The van der Waals surface area contributed by atoms with E-state index in [9.17, 15) is 5.11 Å². The van der Waals surface area contributed by atoms with Crippen LogP contribution in [-0.2, 0) is 6.54 Å². The summed E-state index contributed by atoms with van der Waals surface area (Å²) in [5.74, 6) is 1.07. The highest BCUT2D eigenvalue weighted by molar-refractivity contribution is 5.60. The highest BCUT2D eigenvalue weighted by Gasteiger charge is 2.16. The van der Waals surface area contributed by atoms with Crippen LogP contribution in [0.3, 0.4) is 0 Å². The monoisotopic (exact) mass is 377 g/mol. The van der Waals surface area contributed by atoms with Crippen LogP contribution in [-0.4, -0.2) is 50.9 Å². The minimum absolute atomic E-state index is 0.0974. The van der Waals surface area contributed by atoms with E-state index < -0.39 is 0 Å². The first kappa shape index (κ1) is 18.7. The maximum Gasteiger partial charge on any atom is 0.319 e. The van der Waals surface area contributed by atoms with Crippen molar-refractivity contribution in [3.8, 4) is 23.1 Å². The van der Waals surface area contributed by atoms with Gasteiger partial charge in [-0.1, -0.05) is 49.3 Å². The lowest BCUT2D eigenvalue weighted by atomic mass is 10.0. The predicted octanol–water partition coefficient (Wildman–Crippen LogP) is 3.17. The minimum atomic E-state index is -0.0974. The second kappa shape index (κ2) is 8.12. The second-order valence-corrected chi connectivity index (χ2v) is 7.63. The molecule has 1 fully saturated rings. The average molecular weight is 377 g/mol. The SMILES string of the molecule is CC(C)c1cccc(-c2nnc(O)n2-c2ccc(CN3CCNCC3)cc2)c1. The van der Waals surface area contributed by atoms with Crippen molar-refractivity contribution >= 4 is 0 Å². The third-order valence-corrected chi connectivity index (χ3v) is 5.27. The second-order valence-electron chi connectivity index (χ2n) is 7.63. The van der Waals surface area contributed by atoms with E-state index in [1.54, 1.807) is 4.57 Å². The molecule has 3 aromatic rings. The minimum Gasteiger partial charge on any atom is -0.479 e. The lowest BCUT2D eigenvalue weighted by molar-refractivity contribution is 0.233. The molecule has 146 valence electrons. The molecule has 0 saturated carbocycles.